The molecule has 0 saturated carbocycles. The number of carbonyl (C=O) groups is 1. The summed E-state index contributed by atoms with van der Waals surface area (Å²) in [5.41, 5.74) is 0. The average molecular weight is 200 g/mol. The van der Waals surface area contributed by atoms with Crippen molar-refractivity contribution in [1.82, 2.24) is 0 Å². The molecule has 0 aromatic heterocycles. The molecule has 0 amide bonds. The number of unbranched alkanes of at least 4 members (excludes halogenated alkanes) is 1. The fraction of sp³-hybridized carbons (Fsp3) is 0.917. The van der Waals surface area contributed by atoms with Crippen LogP contribution in [0.15, 0.2) is 0 Å². The summed E-state index contributed by atoms with van der Waals surface area (Å²) in [6, 6.07) is 0. The molecular formula is C12H24O2. The van der Waals surface area contributed by atoms with Crippen LogP contribution in [0.4, 0.5) is 0 Å². The van der Waals surface area contributed by atoms with Gasteiger partial charge in [0.2, 0.25) is 0 Å². The molecule has 84 valence electrons. The molecule has 0 aliphatic heterocycles. The monoisotopic (exact) mass is 200 g/mol. The van der Waals surface area contributed by atoms with Crippen molar-refractivity contribution in [3.8, 4) is 0 Å². The highest BCUT2D eigenvalue weighted by atomic mass is 16.5. The van der Waals surface area contributed by atoms with E-state index in [1.807, 2.05) is 6.92 Å². The van der Waals surface area contributed by atoms with E-state index in [2.05, 4.69) is 13.8 Å². The Morgan fingerprint density at radius 1 is 1.14 bits per heavy atom. The van der Waals surface area contributed by atoms with Gasteiger partial charge in [-0.2, -0.15) is 0 Å². The van der Waals surface area contributed by atoms with Crippen LogP contribution in [-0.4, -0.2) is 19.0 Å². The summed E-state index contributed by atoms with van der Waals surface area (Å²) >= 11 is 0. The average Bonchev–Trinajstić information content (AvgIpc) is 2.21. The van der Waals surface area contributed by atoms with Crippen LogP contribution < -0.4 is 0 Å². The molecule has 2 unspecified atom stereocenters. The van der Waals surface area contributed by atoms with E-state index < -0.39 is 0 Å². The van der Waals surface area contributed by atoms with Gasteiger partial charge >= 0.3 is 0 Å². The molecule has 0 fully saturated rings. The van der Waals surface area contributed by atoms with Gasteiger partial charge in [0.1, 0.15) is 6.29 Å². The van der Waals surface area contributed by atoms with E-state index in [-0.39, 0.29) is 12.0 Å². The lowest BCUT2D eigenvalue weighted by atomic mass is 9.94. The third-order valence-electron chi connectivity index (χ3n) is 2.50. The van der Waals surface area contributed by atoms with Gasteiger partial charge in [0.05, 0.1) is 6.10 Å². The molecular weight excluding hydrogens is 176 g/mol. The molecule has 14 heavy (non-hydrogen) atoms. The van der Waals surface area contributed by atoms with E-state index in [0.717, 1.165) is 32.0 Å². The van der Waals surface area contributed by atoms with E-state index in [4.69, 9.17) is 4.74 Å². The molecule has 0 aliphatic carbocycles. The van der Waals surface area contributed by atoms with Crippen LogP contribution in [0.2, 0.25) is 0 Å². The fourth-order valence-electron chi connectivity index (χ4n) is 1.72. The van der Waals surface area contributed by atoms with Gasteiger partial charge in [-0.05, 0) is 19.8 Å². The minimum absolute atomic E-state index is 0.103. The lowest BCUT2D eigenvalue weighted by Gasteiger charge is -2.22. The lowest BCUT2D eigenvalue weighted by molar-refractivity contribution is -0.116. The minimum atomic E-state index is 0.103. The summed E-state index contributed by atoms with van der Waals surface area (Å²) in [7, 11) is 0. The standard InChI is InChI=1S/C12H24O2/c1-4-7-9-12(14-6-3)11(10-13)8-5-2/h10-12H,4-9H2,1-3H3. The highest BCUT2D eigenvalue weighted by Gasteiger charge is 2.19. The highest BCUT2D eigenvalue weighted by Crippen LogP contribution is 2.17. The predicted octanol–water partition coefficient (Wildman–Crippen LogP) is 3.20. The van der Waals surface area contributed by atoms with Crippen molar-refractivity contribution in [2.45, 2.75) is 59.0 Å². The Morgan fingerprint density at radius 3 is 2.29 bits per heavy atom. The van der Waals surface area contributed by atoms with Gasteiger partial charge in [-0.1, -0.05) is 33.1 Å². The maximum Gasteiger partial charge on any atom is 0.125 e. The first-order valence-electron chi connectivity index (χ1n) is 5.86. The molecule has 0 aliphatic rings. The molecule has 0 spiro atoms. The Labute approximate surface area is 88.0 Å². The Bertz CT molecular complexity index is 134. The van der Waals surface area contributed by atoms with Crippen molar-refractivity contribution in [2.75, 3.05) is 6.61 Å². The molecule has 2 atom stereocenters. The second-order valence-corrected chi connectivity index (χ2v) is 3.72. The Hall–Kier alpha value is -0.370. The third kappa shape index (κ3) is 5.38. The zero-order valence-electron chi connectivity index (χ0n) is 9.79. The van der Waals surface area contributed by atoms with E-state index in [1.165, 1.54) is 6.42 Å². The summed E-state index contributed by atoms with van der Waals surface area (Å²) in [4.78, 5) is 10.9. The number of carbonyl (C=O) groups excluding carboxylic acids is 1. The topological polar surface area (TPSA) is 26.3 Å². The first-order valence-corrected chi connectivity index (χ1v) is 5.86. The molecule has 2 nitrogen and oxygen atoms in total. The van der Waals surface area contributed by atoms with Crippen LogP contribution in [0.5, 0.6) is 0 Å². The number of rotatable bonds is 9. The smallest absolute Gasteiger partial charge is 0.125 e. The van der Waals surface area contributed by atoms with Crippen molar-refractivity contribution in [2.24, 2.45) is 5.92 Å². The van der Waals surface area contributed by atoms with Gasteiger partial charge in [-0.15, -0.1) is 0 Å². The van der Waals surface area contributed by atoms with Crippen LogP contribution in [0.25, 0.3) is 0 Å². The summed E-state index contributed by atoms with van der Waals surface area (Å²) < 4.78 is 5.62. The third-order valence-corrected chi connectivity index (χ3v) is 2.50. The Balaban J connectivity index is 4.04. The maximum absolute atomic E-state index is 10.9. The van der Waals surface area contributed by atoms with Crippen LogP contribution in [0.1, 0.15) is 52.9 Å². The molecule has 0 aromatic carbocycles. The van der Waals surface area contributed by atoms with E-state index in [0.29, 0.717) is 6.61 Å². The lowest BCUT2D eigenvalue weighted by Crippen LogP contribution is -2.25. The van der Waals surface area contributed by atoms with Crippen LogP contribution >= 0.6 is 0 Å². The van der Waals surface area contributed by atoms with Gasteiger partial charge in [0.25, 0.3) is 0 Å². The van der Waals surface area contributed by atoms with Crippen molar-refractivity contribution in [1.29, 1.82) is 0 Å². The SMILES string of the molecule is CCCCC(OCC)C(C=O)CCC. The Morgan fingerprint density at radius 2 is 1.86 bits per heavy atom. The molecule has 0 aromatic rings. The minimum Gasteiger partial charge on any atom is -0.378 e. The van der Waals surface area contributed by atoms with Crippen molar-refractivity contribution in [3.05, 3.63) is 0 Å². The molecule has 0 saturated heterocycles. The number of aldehydes is 1. The van der Waals surface area contributed by atoms with Gasteiger partial charge in [0.15, 0.2) is 0 Å². The van der Waals surface area contributed by atoms with Gasteiger partial charge in [0, 0.05) is 12.5 Å². The molecule has 0 N–H and O–H groups in total. The highest BCUT2D eigenvalue weighted by molar-refractivity contribution is 5.54. The van der Waals surface area contributed by atoms with Crippen LogP contribution in [0.3, 0.4) is 0 Å². The van der Waals surface area contributed by atoms with Crippen LogP contribution in [0, 0.1) is 5.92 Å². The zero-order valence-corrected chi connectivity index (χ0v) is 9.79. The van der Waals surface area contributed by atoms with Gasteiger partial charge < -0.3 is 9.53 Å². The number of hydrogen-bond acceptors (Lipinski definition) is 2. The number of ether oxygens (including phenoxy) is 1. The largest absolute Gasteiger partial charge is 0.378 e. The van der Waals surface area contributed by atoms with Crippen molar-refractivity contribution in [3.63, 3.8) is 0 Å². The zero-order chi connectivity index (χ0) is 10.8. The second-order valence-electron chi connectivity index (χ2n) is 3.72. The summed E-state index contributed by atoms with van der Waals surface area (Å²) in [5.74, 6) is 0.103. The predicted molar refractivity (Wildman–Crippen MR) is 59.4 cm³/mol. The van der Waals surface area contributed by atoms with Crippen molar-refractivity contribution >= 4 is 6.29 Å². The summed E-state index contributed by atoms with van der Waals surface area (Å²) in [6.07, 6.45) is 6.57. The van der Waals surface area contributed by atoms with Gasteiger partial charge in [-0.3, -0.25) is 0 Å². The van der Waals surface area contributed by atoms with Crippen molar-refractivity contribution < 1.29 is 9.53 Å². The summed E-state index contributed by atoms with van der Waals surface area (Å²) in [5, 5.41) is 0. The first-order chi connectivity index (χ1) is 6.79. The van der Waals surface area contributed by atoms with E-state index in [1.54, 1.807) is 0 Å². The molecule has 0 radical (unpaired) electrons. The maximum atomic E-state index is 10.9. The van der Waals surface area contributed by atoms with Crippen LogP contribution in [-0.2, 0) is 9.53 Å². The molecule has 2 heteroatoms. The number of hydrogen-bond donors (Lipinski definition) is 0. The summed E-state index contributed by atoms with van der Waals surface area (Å²) in [6.45, 7) is 6.98. The van der Waals surface area contributed by atoms with E-state index in [9.17, 15) is 4.79 Å². The van der Waals surface area contributed by atoms with E-state index >= 15 is 0 Å². The normalized spacial score (nSPS) is 15.1. The fourth-order valence-corrected chi connectivity index (χ4v) is 1.72. The quantitative estimate of drug-likeness (QED) is 0.534. The first kappa shape index (κ1) is 13.6. The molecule has 0 bridgehead atoms. The van der Waals surface area contributed by atoms with Gasteiger partial charge in [-0.25, -0.2) is 0 Å². The molecule has 0 heterocycles. The Kier molecular flexibility index (Phi) is 8.95. The second kappa shape index (κ2) is 9.20. The molecule has 0 rings (SSSR count).